The Morgan fingerprint density at radius 2 is 1.59 bits per heavy atom. The fourth-order valence-corrected chi connectivity index (χ4v) is 7.52. The molecule has 0 saturated heterocycles. The second kappa shape index (κ2) is 17.1. The molecule has 0 aromatic heterocycles. The Kier molecular flexibility index (Phi) is 12.6. The van der Waals surface area contributed by atoms with Gasteiger partial charge in [0.15, 0.2) is 21.5 Å². The van der Waals surface area contributed by atoms with Crippen molar-refractivity contribution >= 4 is 37.6 Å². The summed E-state index contributed by atoms with van der Waals surface area (Å²) in [6.45, 7) is 0.437. The summed E-state index contributed by atoms with van der Waals surface area (Å²) < 4.78 is 56.6. The summed E-state index contributed by atoms with van der Waals surface area (Å²) in [7, 11) is 0.724. The van der Waals surface area contributed by atoms with Crippen LogP contribution in [0.5, 0.6) is 23.0 Å². The number of carbonyl (C=O) groups is 1. The molecule has 0 fully saturated rings. The zero-order valence-electron chi connectivity index (χ0n) is 28.4. The molecule has 12 nitrogen and oxygen atoms in total. The van der Waals surface area contributed by atoms with Gasteiger partial charge in [-0.15, -0.1) is 0 Å². The van der Waals surface area contributed by atoms with Crippen LogP contribution in [-0.4, -0.2) is 71.2 Å². The molecule has 270 valence electrons. The van der Waals surface area contributed by atoms with E-state index < -0.39 is 33.1 Å². The van der Waals surface area contributed by atoms with Crippen LogP contribution in [0.4, 0.5) is 0 Å². The summed E-state index contributed by atoms with van der Waals surface area (Å²) in [5.74, 6) is 1.19. The van der Waals surface area contributed by atoms with Crippen LogP contribution in [0.2, 0.25) is 0 Å². The summed E-state index contributed by atoms with van der Waals surface area (Å²) in [6, 6.07) is 25.7. The van der Waals surface area contributed by atoms with Crippen molar-refractivity contribution in [3.05, 3.63) is 112 Å². The van der Waals surface area contributed by atoms with Gasteiger partial charge in [-0.3, -0.25) is 10.2 Å². The number of halogens is 1. The average molecular weight is 783 g/mol. The van der Waals surface area contributed by atoms with E-state index in [1.807, 2.05) is 18.2 Å². The second-order valence-corrected chi connectivity index (χ2v) is 14.5. The number of aliphatic imine (C=N–C) groups is 1. The van der Waals surface area contributed by atoms with Crippen LogP contribution in [0.1, 0.15) is 35.6 Å². The highest BCUT2D eigenvalue weighted by atomic mass is 79.9. The van der Waals surface area contributed by atoms with Crippen molar-refractivity contribution in [3.8, 4) is 23.0 Å². The van der Waals surface area contributed by atoms with Crippen molar-refractivity contribution in [1.29, 1.82) is 0 Å². The third-order valence-corrected chi connectivity index (χ3v) is 10.8. The number of nitrogens with one attached hydrogen (secondary N) is 2. The molecule has 1 heterocycles. The van der Waals surface area contributed by atoms with Crippen LogP contribution < -0.4 is 29.8 Å². The summed E-state index contributed by atoms with van der Waals surface area (Å²) in [5.41, 5.74) is 5.77. The maximum atomic E-state index is 14.6. The van der Waals surface area contributed by atoms with Crippen LogP contribution in [0.25, 0.3) is 0 Å². The Bertz CT molecular complexity index is 1920. The van der Waals surface area contributed by atoms with Gasteiger partial charge >= 0.3 is 0 Å². The predicted molar refractivity (Wildman–Crippen MR) is 195 cm³/mol. The lowest BCUT2D eigenvalue weighted by Gasteiger charge is -2.31. The first-order chi connectivity index (χ1) is 24.6. The zero-order valence-corrected chi connectivity index (χ0v) is 30.8. The van der Waals surface area contributed by atoms with Crippen LogP contribution in [0.15, 0.2) is 105 Å². The highest BCUT2D eigenvalue weighted by molar-refractivity contribution is 9.10. The van der Waals surface area contributed by atoms with Gasteiger partial charge in [-0.1, -0.05) is 52.3 Å². The molecule has 4 aromatic carbocycles. The number of nitrogens with zero attached hydrogens (tertiary/aromatic N) is 1. The molecule has 0 spiro atoms. The fraction of sp³-hybridized carbons (Fsp3) is 0.297. The van der Waals surface area contributed by atoms with Crippen LogP contribution in [-0.2, 0) is 25.9 Å². The number of amides is 1. The fourth-order valence-electron chi connectivity index (χ4n) is 5.64. The molecule has 0 bridgehead atoms. The number of hydrogen-bond donors (Lipinski definition) is 3. The molecule has 1 aliphatic heterocycles. The van der Waals surface area contributed by atoms with Crippen molar-refractivity contribution < 1.29 is 42.0 Å². The predicted octanol–water partition coefficient (Wildman–Crippen LogP) is 5.18. The number of rotatable bonds is 17. The molecule has 3 N–H and O–H groups in total. The number of ether oxygens (including phenoxy) is 5. The first kappa shape index (κ1) is 37.6. The lowest BCUT2D eigenvalue weighted by atomic mass is 9.85. The summed E-state index contributed by atoms with van der Waals surface area (Å²) in [6.07, 6.45) is -0.757. The molecule has 1 aliphatic rings. The van der Waals surface area contributed by atoms with Crippen molar-refractivity contribution in [2.75, 3.05) is 40.3 Å². The molecule has 4 aromatic rings. The van der Waals surface area contributed by atoms with Crippen LogP contribution in [0, 0.1) is 0 Å². The van der Waals surface area contributed by atoms with Gasteiger partial charge in [0.1, 0.15) is 23.0 Å². The van der Waals surface area contributed by atoms with Crippen molar-refractivity contribution in [3.63, 3.8) is 0 Å². The summed E-state index contributed by atoms with van der Waals surface area (Å²) >= 11 is 3.61. The molecule has 0 unspecified atom stereocenters. The Hall–Kier alpha value is -4.63. The summed E-state index contributed by atoms with van der Waals surface area (Å²) in [5, 5.41) is 9.10. The average Bonchev–Trinajstić information content (AvgIpc) is 3.55. The van der Waals surface area contributed by atoms with Gasteiger partial charge in [-0.2, -0.15) is 0 Å². The summed E-state index contributed by atoms with van der Waals surface area (Å²) in [4.78, 5) is 19.7. The smallest absolute Gasteiger partial charge is 0.266 e. The monoisotopic (exact) mass is 781 g/mol. The minimum atomic E-state index is -3.84. The maximum absolute atomic E-state index is 14.6. The standard InChI is InChI=1S/C37H40BrN3O9S/c1-46-27-22-32(47-2)30(33(23-27)48-3)24-39-41-36(43)37(18-21-51(44,45)28-10-5-4-6-11-28)34(29-12-7-8-13-31(29)38)50-35(40-37)25-14-16-26(17-15-25)49-20-9-19-42/h4-8,10-17,22-23,34,39,42H,9,18-21,24H2,1-3H3,(H,41,43)/t34-,37-/m0/s1. The molecule has 0 radical (unpaired) electrons. The SMILES string of the molecule is COc1cc(OC)c(CNNC(=O)[C@@]2(CCS(=O)(=O)c3ccccc3)N=C(c3ccc(OCCCO)cc3)O[C@H]2c2ccccc2Br)c(OC)c1. The molecule has 14 heteroatoms. The number of aliphatic hydroxyl groups is 1. The van der Waals surface area contributed by atoms with Gasteiger partial charge in [-0.25, -0.2) is 18.8 Å². The largest absolute Gasteiger partial charge is 0.496 e. The van der Waals surface area contributed by atoms with Crippen LogP contribution >= 0.6 is 15.9 Å². The van der Waals surface area contributed by atoms with Crippen molar-refractivity contribution in [2.24, 2.45) is 4.99 Å². The highest BCUT2D eigenvalue weighted by Gasteiger charge is 2.54. The minimum absolute atomic E-state index is 0.0132. The minimum Gasteiger partial charge on any atom is -0.496 e. The third-order valence-electron chi connectivity index (χ3n) is 8.36. The normalized spacial score (nSPS) is 16.9. The second-order valence-electron chi connectivity index (χ2n) is 11.5. The number of hydrogen-bond acceptors (Lipinski definition) is 11. The Labute approximate surface area is 305 Å². The van der Waals surface area contributed by atoms with Gasteiger partial charge in [0.2, 0.25) is 5.90 Å². The van der Waals surface area contributed by atoms with E-state index in [-0.39, 0.29) is 30.4 Å². The number of methoxy groups -OCH3 is 3. The number of sulfone groups is 1. The first-order valence-electron chi connectivity index (χ1n) is 16.1. The van der Waals surface area contributed by atoms with E-state index in [1.54, 1.807) is 60.7 Å². The molecule has 5 rings (SSSR count). The highest BCUT2D eigenvalue weighted by Crippen LogP contribution is 2.45. The molecular weight excluding hydrogens is 742 g/mol. The third kappa shape index (κ3) is 8.64. The molecular formula is C37H40BrN3O9S. The Balaban J connectivity index is 1.54. The van der Waals surface area contributed by atoms with Gasteiger partial charge in [0, 0.05) is 53.7 Å². The quantitative estimate of drug-likeness (QED) is 0.0966. The van der Waals surface area contributed by atoms with Gasteiger partial charge in [0.25, 0.3) is 5.91 Å². The van der Waals surface area contributed by atoms with Gasteiger partial charge < -0.3 is 28.8 Å². The number of hydrazine groups is 1. The zero-order chi connectivity index (χ0) is 36.4. The Morgan fingerprint density at radius 3 is 2.22 bits per heavy atom. The maximum Gasteiger partial charge on any atom is 0.266 e. The van der Waals surface area contributed by atoms with Gasteiger partial charge in [-0.05, 0) is 42.5 Å². The van der Waals surface area contributed by atoms with E-state index in [0.717, 1.165) is 0 Å². The lowest BCUT2D eigenvalue weighted by molar-refractivity contribution is -0.130. The number of benzene rings is 4. The van der Waals surface area contributed by atoms with Crippen molar-refractivity contribution in [2.45, 2.75) is 35.9 Å². The first-order valence-corrected chi connectivity index (χ1v) is 18.5. The molecule has 0 aliphatic carbocycles. The van der Waals surface area contributed by atoms with E-state index in [4.69, 9.17) is 33.8 Å². The van der Waals surface area contributed by atoms with E-state index in [9.17, 15) is 13.2 Å². The molecule has 0 saturated carbocycles. The van der Waals surface area contributed by atoms with Crippen molar-refractivity contribution in [1.82, 2.24) is 10.9 Å². The Morgan fingerprint density at radius 1 is 0.922 bits per heavy atom. The van der Waals surface area contributed by atoms with E-state index >= 15 is 0 Å². The molecule has 2 atom stereocenters. The number of carbonyl (C=O) groups excluding carboxylic acids is 1. The molecule has 1 amide bonds. The van der Waals surface area contributed by atoms with E-state index in [1.165, 1.54) is 33.5 Å². The lowest BCUT2D eigenvalue weighted by Crippen LogP contribution is -2.53. The molecule has 51 heavy (non-hydrogen) atoms. The number of aliphatic hydroxyl groups excluding tert-OH is 1. The van der Waals surface area contributed by atoms with E-state index in [0.29, 0.717) is 57.2 Å². The topological polar surface area (TPSA) is 154 Å². The van der Waals surface area contributed by atoms with E-state index in [2.05, 4.69) is 26.8 Å². The van der Waals surface area contributed by atoms with Gasteiger partial charge in [0.05, 0.1) is 44.1 Å². The van der Waals surface area contributed by atoms with Crippen LogP contribution in [0.3, 0.4) is 0 Å².